The highest BCUT2D eigenvalue weighted by Gasteiger charge is 2.57. The Balaban J connectivity index is 2.00. The third kappa shape index (κ3) is 4.27. The van der Waals surface area contributed by atoms with E-state index in [9.17, 15) is 4.79 Å². The molecule has 2 aromatic carbocycles. The lowest BCUT2D eigenvalue weighted by Crippen LogP contribution is -2.52. The van der Waals surface area contributed by atoms with Crippen LogP contribution in [0.15, 0.2) is 59.7 Å². The van der Waals surface area contributed by atoms with E-state index in [2.05, 4.69) is 4.98 Å². The zero-order chi connectivity index (χ0) is 26.3. The van der Waals surface area contributed by atoms with Gasteiger partial charge in [-0.2, -0.15) is 4.98 Å². The number of rotatable bonds is 6. The summed E-state index contributed by atoms with van der Waals surface area (Å²) in [6.07, 6.45) is 2.51. The first-order chi connectivity index (χ1) is 17.0. The van der Waals surface area contributed by atoms with Crippen molar-refractivity contribution in [3.8, 4) is 5.88 Å². The van der Waals surface area contributed by atoms with Crippen molar-refractivity contribution in [2.45, 2.75) is 58.0 Å². The van der Waals surface area contributed by atoms with E-state index in [-0.39, 0.29) is 5.41 Å². The van der Waals surface area contributed by atoms with Crippen LogP contribution in [-0.2, 0) is 21.3 Å². The van der Waals surface area contributed by atoms with Crippen molar-refractivity contribution in [2.75, 3.05) is 6.61 Å². The minimum absolute atomic E-state index is 0.276. The first-order valence-electron chi connectivity index (χ1n) is 11.8. The second-order valence-corrected chi connectivity index (χ2v) is 11.0. The summed E-state index contributed by atoms with van der Waals surface area (Å²) in [7, 11) is 0. The van der Waals surface area contributed by atoms with E-state index in [0.717, 1.165) is 17.5 Å². The number of aromatic nitrogens is 2. The molecule has 0 saturated heterocycles. The predicted molar refractivity (Wildman–Crippen MR) is 144 cm³/mol. The van der Waals surface area contributed by atoms with Gasteiger partial charge in [0.25, 0.3) is 0 Å². The number of nitrogens with zero attached hydrogens (tertiary/aromatic N) is 4. The van der Waals surface area contributed by atoms with E-state index in [4.69, 9.17) is 37.9 Å². The Morgan fingerprint density at radius 1 is 0.972 bits per heavy atom. The van der Waals surface area contributed by atoms with Crippen molar-refractivity contribution in [2.24, 2.45) is 4.99 Å². The van der Waals surface area contributed by atoms with Crippen molar-refractivity contribution in [3.63, 3.8) is 0 Å². The molecule has 188 valence electrons. The van der Waals surface area contributed by atoms with Crippen LogP contribution in [0.4, 0.5) is 0 Å². The summed E-state index contributed by atoms with van der Waals surface area (Å²) in [5, 5.41) is 1.23. The molecule has 2 heterocycles. The summed E-state index contributed by atoms with van der Waals surface area (Å²) in [4.78, 5) is 29.0. The van der Waals surface area contributed by atoms with Gasteiger partial charge in [-0.25, -0.2) is 4.98 Å². The maximum Gasteiger partial charge on any atom is 0.227 e. The molecule has 0 aliphatic carbocycles. The van der Waals surface area contributed by atoms with Crippen molar-refractivity contribution < 1.29 is 9.53 Å². The molecule has 4 rings (SSSR count). The van der Waals surface area contributed by atoms with Gasteiger partial charge in [0.05, 0.1) is 12.2 Å². The molecule has 8 heteroatoms. The molecule has 3 aromatic rings. The van der Waals surface area contributed by atoms with E-state index >= 15 is 0 Å². The Morgan fingerprint density at radius 3 is 2.03 bits per heavy atom. The van der Waals surface area contributed by atoms with E-state index in [1.165, 1.54) is 0 Å². The smallest absolute Gasteiger partial charge is 0.227 e. The third-order valence-corrected chi connectivity index (χ3v) is 7.36. The Morgan fingerprint density at radius 2 is 1.53 bits per heavy atom. The number of ether oxygens (including phenoxy) is 1. The molecule has 36 heavy (non-hydrogen) atoms. The fourth-order valence-electron chi connectivity index (χ4n) is 4.61. The number of hydrogen-bond acceptors (Lipinski definition) is 5. The molecule has 1 aliphatic rings. The molecule has 1 amide bonds. The van der Waals surface area contributed by atoms with Crippen molar-refractivity contribution >= 4 is 35.4 Å². The normalized spacial score (nSPS) is 21.9. The van der Waals surface area contributed by atoms with Crippen LogP contribution in [0, 0.1) is 0 Å². The number of halogens is 2. The number of carbonyl (C=O) groups excluding carboxylic acids is 1. The maximum absolute atomic E-state index is 12.8. The first kappa shape index (κ1) is 26.1. The topological polar surface area (TPSA) is 67.7 Å². The minimum atomic E-state index is -0.908. The Bertz CT molecular complexity index is 1300. The number of amides is 1. The number of aliphatic imine (C=N–C) groups is 1. The van der Waals surface area contributed by atoms with Gasteiger partial charge in [0.1, 0.15) is 22.7 Å². The number of hydrogen-bond donors (Lipinski definition) is 0. The summed E-state index contributed by atoms with van der Waals surface area (Å²) in [6.45, 7) is 12.4. The predicted octanol–water partition coefficient (Wildman–Crippen LogP) is 6.53. The Hall–Kier alpha value is -2.96. The largest absolute Gasteiger partial charge is 0.477 e. The summed E-state index contributed by atoms with van der Waals surface area (Å²) in [6, 6.07) is 15.0. The molecule has 1 aliphatic heterocycles. The molecular formula is C28H30Cl2N4O2. The highest BCUT2D eigenvalue weighted by molar-refractivity contribution is 6.30. The summed E-state index contributed by atoms with van der Waals surface area (Å²) >= 11 is 12.4. The van der Waals surface area contributed by atoms with Gasteiger partial charge in [-0.3, -0.25) is 14.7 Å². The van der Waals surface area contributed by atoms with Crippen molar-refractivity contribution in [3.05, 3.63) is 87.3 Å². The highest BCUT2D eigenvalue weighted by Crippen LogP contribution is 2.52. The van der Waals surface area contributed by atoms with Crippen LogP contribution in [-0.4, -0.2) is 33.7 Å². The second-order valence-electron chi connectivity index (χ2n) is 10.2. The quantitative estimate of drug-likeness (QED) is 0.343. The monoisotopic (exact) mass is 524 g/mol. The number of carbonyl (C=O) groups is 1. The first-order valence-corrected chi connectivity index (χ1v) is 12.6. The van der Waals surface area contributed by atoms with Gasteiger partial charge in [0.2, 0.25) is 12.3 Å². The highest BCUT2D eigenvalue weighted by atomic mass is 35.5. The van der Waals surface area contributed by atoms with Crippen LogP contribution in [0.3, 0.4) is 0 Å². The molecule has 6 nitrogen and oxygen atoms in total. The van der Waals surface area contributed by atoms with Crippen LogP contribution in [0.5, 0.6) is 5.88 Å². The van der Waals surface area contributed by atoms with Crippen LogP contribution in [0.2, 0.25) is 10.0 Å². The molecule has 2 unspecified atom stereocenters. The summed E-state index contributed by atoms with van der Waals surface area (Å²) in [5.41, 5.74) is 0.260. The Kier molecular flexibility index (Phi) is 6.88. The molecule has 0 N–H and O–H groups in total. The maximum atomic E-state index is 12.8. The fourth-order valence-corrected chi connectivity index (χ4v) is 4.86. The van der Waals surface area contributed by atoms with Gasteiger partial charge in [-0.15, -0.1) is 0 Å². The van der Waals surface area contributed by atoms with Crippen LogP contribution < -0.4 is 4.74 Å². The standard InChI is InChI=1S/C28H30Cl2N4O2/c1-7-36-24-22(16-31-25(32-24)26(2,3)4)23-33-27(5,18-8-12-20(29)13-9-18)28(6,34(23)17-35)19-10-14-21(30)15-11-19/h8-17H,7H2,1-6H3. The number of benzene rings is 2. The molecule has 0 fully saturated rings. The zero-order valence-electron chi connectivity index (χ0n) is 21.3. The SMILES string of the molecule is CCOc1nc(C(C)(C)C)ncc1C1=NC(C)(c2ccc(Cl)cc2)C(C)(c2ccc(Cl)cc2)N1C=O. The zero-order valence-corrected chi connectivity index (χ0v) is 22.9. The van der Waals surface area contributed by atoms with E-state index in [1.54, 1.807) is 11.1 Å². The van der Waals surface area contributed by atoms with Gasteiger partial charge in [-0.1, -0.05) is 68.2 Å². The Labute approximate surface area is 222 Å². The molecular weight excluding hydrogens is 495 g/mol. The van der Waals surface area contributed by atoms with Crippen molar-refractivity contribution in [1.82, 2.24) is 14.9 Å². The molecule has 0 radical (unpaired) electrons. The van der Waals surface area contributed by atoms with Crippen LogP contribution in [0.25, 0.3) is 0 Å². The van der Waals surface area contributed by atoms with Gasteiger partial charge >= 0.3 is 0 Å². The van der Waals surface area contributed by atoms with Crippen molar-refractivity contribution in [1.29, 1.82) is 0 Å². The lowest BCUT2D eigenvalue weighted by Gasteiger charge is -2.44. The second kappa shape index (κ2) is 9.49. The summed E-state index contributed by atoms with van der Waals surface area (Å²) < 4.78 is 5.95. The summed E-state index contributed by atoms with van der Waals surface area (Å²) in [5.74, 6) is 1.47. The van der Waals surface area contributed by atoms with Gasteiger partial charge < -0.3 is 4.74 Å². The number of amidine groups is 1. The minimum Gasteiger partial charge on any atom is -0.477 e. The molecule has 2 atom stereocenters. The van der Waals surface area contributed by atoms with Crippen LogP contribution in [0.1, 0.15) is 64.1 Å². The molecule has 0 spiro atoms. The fraction of sp³-hybridized carbons (Fsp3) is 0.357. The third-order valence-electron chi connectivity index (χ3n) is 6.85. The van der Waals surface area contributed by atoms with Gasteiger partial charge in [-0.05, 0) is 56.2 Å². The van der Waals surface area contributed by atoms with Gasteiger partial charge in [0.15, 0.2) is 0 Å². The molecule has 1 aromatic heterocycles. The average Bonchev–Trinajstić information content (AvgIpc) is 3.07. The van der Waals surface area contributed by atoms with Gasteiger partial charge in [0, 0.05) is 21.7 Å². The van der Waals surface area contributed by atoms with E-state index < -0.39 is 11.1 Å². The molecule has 0 bridgehead atoms. The van der Waals surface area contributed by atoms with E-state index in [1.807, 2.05) is 90.1 Å². The van der Waals surface area contributed by atoms with E-state index in [0.29, 0.717) is 39.8 Å². The molecule has 0 saturated carbocycles. The van der Waals surface area contributed by atoms with Crippen LogP contribution >= 0.6 is 23.2 Å². The average molecular weight is 525 g/mol. The lowest BCUT2D eigenvalue weighted by molar-refractivity contribution is -0.119. The lowest BCUT2D eigenvalue weighted by atomic mass is 9.71.